The molecule has 1 saturated heterocycles. The van der Waals surface area contributed by atoms with E-state index in [-0.39, 0.29) is 0 Å². The van der Waals surface area contributed by atoms with E-state index in [4.69, 9.17) is 0 Å². The first-order valence-electron chi connectivity index (χ1n) is 7.29. The maximum atomic E-state index is 3.68. The van der Waals surface area contributed by atoms with Crippen molar-refractivity contribution in [2.24, 2.45) is 5.92 Å². The van der Waals surface area contributed by atoms with Crippen molar-refractivity contribution in [3.05, 3.63) is 34.3 Å². The number of rotatable bonds is 5. The molecule has 2 nitrogen and oxygen atoms in total. The van der Waals surface area contributed by atoms with Crippen LogP contribution in [0.3, 0.4) is 0 Å². The van der Waals surface area contributed by atoms with Crippen LogP contribution in [0.15, 0.2) is 28.7 Å². The highest BCUT2D eigenvalue weighted by atomic mass is 79.9. The van der Waals surface area contributed by atoms with E-state index in [0.717, 1.165) is 12.5 Å². The molecule has 0 saturated carbocycles. The van der Waals surface area contributed by atoms with Crippen molar-refractivity contribution in [3.63, 3.8) is 0 Å². The van der Waals surface area contributed by atoms with Gasteiger partial charge in [-0.25, -0.2) is 0 Å². The lowest BCUT2D eigenvalue weighted by Crippen LogP contribution is -2.31. The Morgan fingerprint density at radius 1 is 1.32 bits per heavy atom. The van der Waals surface area contributed by atoms with Crippen LogP contribution in [0.4, 0.5) is 0 Å². The largest absolute Gasteiger partial charge is 0.310 e. The molecule has 2 rings (SSSR count). The van der Waals surface area contributed by atoms with E-state index in [2.05, 4.69) is 71.2 Å². The van der Waals surface area contributed by atoms with Crippen LogP contribution in [0, 0.1) is 5.92 Å². The van der Waals surface area contributed by atoms with Gasteiger partial charge in [-0.05, 0) is 57.8 Å². The van der Waals surface area contributed by atoms with E-state index in [9.17, 15) is 0 Å². The van der Waals surface area contributed by atoms with E-state index in [0.29, 0.717) is 12.1 Å². The summed E-state index contributed by atoms with van der Waals surface area (Å²) in [6.45, 7) is 10.4. The summed E-state index contributed by atoms with van der Waals surface area (Å²) < 4.78 is 1.20. The highest BCUT2D eigenvalue weighted by Crippen LogP contribution is 2.24. The van der Waals surface area contributed by atoms with Gasteiger partial charge in [0.1, 0.15) is 0 Å². The lowest BCUT2D eigenvalue weighted by atomic mass is 10.1. The van der Waals surface area contributed by atoms with E-state index in [1.54, 1.807) is 0 Å². The summed E-state index contributed by atoms with van der Waals surface area (Å²) in [6.07, 6.45) is 1.33. The van der Waals surface area contributed by atoms with E-state index < -0.39 is 0 Å². The van der Waals surface area contributed by atoms with Crippen molar-refractivity contribution in [1.82, 2.24) is 10.2 Å². The molecule has 0 bridgehead atoms. The normalized spacial score (nSPS) is 22.1. The first-order valence-corrected chi connectivity index (χ1v) is 8.09. The summed E-state index contributed by atoms with van der Waals surface area (Å²) in [4.78, 5) is 2.58. The van der Waals surface area contributed by atoms with Crippen LogP contribution in [0.2, 0.25) is 0 Å². The van der Waals surface area contributed by atoms with Crippen molar-refractivity contribution >= 4 is 15.9 Å². The maximum absolute atomic E-state index is 3.68. The second kappa shape index (κ2) is 6.87. The topological polar surface area (TPSA) is 15.3 Å². The van der Waals surface area contributed by atoms with Crippen LogP contribution >= 0.6 is 15.9 Å². The number of benzene rings is 1. The predicted octanol–water partition coefficient (Wildman–Crippen LogP) is 3.83. The predicted molar refractivity (Wildman–Crippen MR) is 85.4 cm³/mol. The van der Waals surface area contributed by atoms with Gasteiger partial charge in [0.15, 0.2) is 0 Å². The van der Waals surface area contributed by atoms with Gasteiger partial charge in [0.2, 0.25) is 0 Å². The Morgan fingerprint density at radius 3 is 2.68 bits per heavy atom. The van der Waals surface area contributed by atoms with Crippen molar-refractivity contribution in [2.45, 2.75) is 39.3 Å². The second-order valence-corrected chi connectivity index (χ2v) is 6.75. The fourth-order valence-corrected chi connectivity index (χ4v) is 3.41. The standard InChI is InChI=1S/C16H25BrN2/c1-12(2)19-9-8-14(11-19)10-18-13(3)15-6-4-5-7-16(15)17/h4-7,12-14,18H,8-11H2,1-3H3. The number of likely N-dealkylation sites (tertiary alicyclic amines) is 1. The third kappa shape index (κ3) is 4.04. The molecular weight excluding hydrogens is 300 g/mol. The monoisotopic (exact) mass is 324 g/mol. The molecule has 1 aliphatic heterocycles. The van der Waals surface area contributed by atoms with Gasteiger partial charge in [-0.15, -0.1) is 0 Å². The van der Waals surface area contributed by atoms with Gasteiger partial charge in [0.25, 0.3) is 0 Å². The zero-order chi connectivity index (χ0) is 13.8. The van der Waals surface area contributed by atoms with Gasteiger partial charge in [0, 0.05) is 23.1 Å². The van der Waals surface area contributed by atoms with Crippen molar-refractivity contribution in [1.29, 1.82) is 0 Å². The van der Waals surface area contributed by atoms with Crippen molar-refractivity contribution in [2.75, 3.05) is 19.6 Å². The van der Waals surface area contributed by atoms with Crippen LogP contribution < -0.4 is 5.32 Å². The summed E-state index contributed by atoms with van der Waals surface area (Å²) in [6, 6.07) is 9.57. The Morgan fingerprint density at radius 2 is 2.05 bits per heavy atom. The first-order chi connectivity index (χ1) is 9.08. The summed E-state index contributed by atoms with van der Waals surface area (Å²) in [5, 5.41) is 3.68. The summed E-state index contributed by atoms with van der Waals surface area (Å²) in [5.41, 5.74) is 1.35. The first kappa shape index (κ1) is 15.0. The van der Waals surface area contributed by atoms with Gasteiger partial charge in [-0.1, -0.05) is 34.1 Å². The van der Waals surface area contributed by atoms with Crippen LogP contribution in [0.5, 0.6) is 0 Å². The summed E-state index contributed by atoms with van der Waals surface area (Å²) in [7, 11) is 0. The molecule has 1 N–H and O–H groups in total. The van der Waals surface area contributed by atoms with Gasteiger partial charge < -0.3 is 10.2 Å². The van der Waals surface area contributed by atoms with E-state index in [1.807, 2.05) is 0 Å². The SMILES string of the molecule is CC(NCC1CCN(C(C)C)C1)c1ccccc1Br. The Balaban J connectivity index is 1.82. The van der Waals surface area contributed by atoms with Crippen molar-refractivity contribution in [3.8, 4) is 0 Å². The molecule has 0 aliphatic carbocycles. The molecule has 1 aromatic carbocycles. The van der Waals surface area contributed by atoms with Crippen LogP contribution in [0.1, 0.15) is 38.8 Å². The minimum absolute atomic E-state index is 0.406. The molecule has 106 valence electrons. The number of halogens is 1. The van der Waals surface area contributed by atoms with Crippen LogP contribution in [0.25, 0.3) is 0 Å². The molecule has 0 aromatic heterocycles. The molecule has 0 radical (unpaired) electrons. The maximum Gasteiger partial charge on any atom is 0.0303 e. The molecule has 3 heteroatoms. The Bertz CT molecular complexity index is 405. The molecule has 19 heavy (non-hydrogen) atoms. The zero-order valence-corrected chi connectivity index (χ0v) is 13.8. The number of nitrogens with one attached hydrogen (secondary N) is 1. The Labute approximate surface area is 125 Å². The second-order valence-electron chi connectivity index (χ2n) is 5.89. The fraction of sp³-hybridized carbons (Fsp3) is 0.625. The smallest absolute Gasteiger partial charge is 0.0303 e. The number of hydrogen-bond acceptors (Lipinski definition) is 2. The number of nitrogens with zero attached hydrogens (tertiary/aromatic N) is 1. The Kier molecular flexibility index (Phi) is 5.43. The average molecular weight is 325 g/mol. The summed E-state index contributed by atoms with van der Waals surface area (Å²) >= 11 is 3.63. The minimum Gasteiger partial charge on any atom is -0.310 e. The fourth-order valence-electron chi connectivity index (χ4n) is 2.78. The lowest BCUT2D eigenvalue weighted by molar-refractivity contribution is 0.263. The van der Waals surface area contributed by atoms with Crippen LogP contribution in [-0.2, 0) is 0 Å². The third-order valence-corrected chi connectivity index (χ3v) is 4.85. The van der Waals surface area contributed by atoms with Gasteiger partial charge in [-0.3, -0.25) is 0 Å². The van der Waals surface area contributed by atoms with Crippen LogP contribution in [-0.4, -0.2) is 30.6 Å². The van der Waals surface area contributed by atoms with Gasteiger partial charge in [-0.2, -0.15) is 0 Å². The molecule has 1 aromatic rings. The molecule has 0 spiro atoms. The molecule has 0 amide bonds. The molecule has 2 unspecified atom stereocenters. The van der Waals surface area contributed by atoms with Crippen molar-refractivity contribution < 1.29 is 0 Å². The summed E-state index contributed by atoms with van der Waals surface area (Å²) in [5.74, 6) is 0.798. The lowest BCUT2D eigenvalue weighted by Gasteiger charge is -2.21. The quantitative estimate of drug-likeness (QED) is 0.885. The molecule has 2 atom stereocenters. The molecule has 1 aliphatic rings. The van der Waals surface area contributed by atoms with E-state index >= 15 is 0 Å². The number of hydrogen-bond donors (Lipinski definition) is 1. The molecule has 1 fully saturated rings. The Hall–Kier alpha value is -0.380. The zero-order valence-electron chi connectivity index (χ0n) is 12.2. The molecule has 1 heterocycles. The third-order valence-electron chi connectivity index (χ3n) is 4.13. The molecular formula is C16H25BrN2. The highest BCUT2D eigenvalue weighted by Gasteiger charge is 2.24. The van der Waals surface area contributed by atoms with Gasteiger partial charge in [0.05, 0.1) is 0 Å². The highest BCUT2D eigenvalue weighted by molar-refractivity contribution is 9.10. The van der Waals surface area contributed by atoms with Gasteiger partial charge >= 0.3 is 0 Å². The van der Waals surface area contributed by atoms with E-state index in [1.165, 1.54) is 29.5 Å². The minimum atomic E-state index is 0.406. The average Bonchev–Trinajstić information content (AvgIpc) is 2.85.